The number of anilines is 2. The molecule has 1 N–H and O–H groups in total. The van der Waals surface area contributed by atoms with E-state index in [-0.39, 0.29) is 5.91 Å². The fourth-order valence-electron chi connectivity index (χ4n) is 3.55. The number of nitrogens with zero attached hydrogens (tertiary/aromatic N) is 1. The van der Waals surface area contributed by atoms with E-state index in [0.717, 1.165) is 30.3 Å². The van der Waals surface area contributed by atoms with E-state index < -0.39 is 0 Å². The first-order chi connectivity index (χ1) is 9.75. The summed E-state index contributed by atoms with van der Waals surface area (Å²) in [6.07, 6.45) is 7.06. The Morgan fingerprint density at radius 3 is 2.65 bits per heavy atom. The van der Waals surface area contributed by atoms with E-state index in [9.17, 15) is 4.79 Å². The zero-order valence-corrected chi connectivity index (χ0v) is 12.3. The summed E-state index contributed by atoms with van der Waals surface area (Å²) in [6, 6.07) is 8.72. The average molecular weight is 272 g/mol. The van der Waals surface area contributed by atoms with Gasteiger partial charge in [0, 0.05) is 19.0 Å². The summed E-state index contributed by atoms with van der Waals surface area (Å²) in [6.45, 7) is 3.13. The Kier molecular flexibility index (Phi) is 3.95. The summed E-state index contributed by atoms with van der Waals surface area (Å²) in [7, 11) is 0. The molecule has 1 atom stereocenters. The van der Waals surface area contributed by atoms with Crippen LogP contribution in [0.15, 0.2) is 24.3 Å². The van der Waals surface area contributed by atoms with Gasteiger partial charge in [-0.05, 0) is 44.2 Å². The van der Waals surface area contributed by atoms with Crippen molar-refractivity contribution in [2.45, 2.75) is 51.5 Å². The van der Waals surface area contributed by atoms with Gasteiger partial charge in [0.1, 0.15) is 0 Å². The topological polar surface area (TPSA) is 32.3 Å². The second-order valence-electron chi connectivity index (χ2n) is 6.14. The summed E-state index contributed by atoms with van der Waals surface area (Å²) in [5, 5.41) is 3.66. The van der Waals surface area contributed by atoms with Crippen molar-refractivity contribution in [2.75, 3.05) is 16.8 Å². The van der Waals surface area contributed by atoms with Crippen LogP contribution in [0.3, 0.4) is 0 Å². The molecule has 1 aliphatic heterocycles. The highest BCUT2D eigenvalue weighted by molar-refractivity contribution is 5.98. The zero-order valence-electron chi connectivity index (χ0n) is 12.3. The Bertz CT molecular complexity index is 480. The molecule has 1 heterocycles. The van der Waals surface area contributed by atoms with Crippen LogP contribution in [0, 0.1) is 5.92 Å². The molecule has 0 spiro atoms. The molecule has 1 aromatic rings. The maximum absolute atomic E-state index is 12.0. The van der Waals surface area contributed by atoms with E-state index in [1.807, 2.05) is 17.0 Å². The lowest BCUT2D eigenvalue weighted by Crippen LogP contribution is -2.28. The monoisotopic (exact) mass is 272 g/mol. The molecule has 3 rings (SSSR count). The lowest BCUT2D eigenvalue weighted by atomic mass is 9.99. The number of rotatable bonds is 4. The smallest absolute Gasteiger partial charge is 0.227 e. The van der Waals surface area contributed by atoms with Gasteiger partial charge >= 0.3 is 0 Å². The second-order valence-corrected chi connectivity index (χ2v) is 6.14. The van der Waals surface area contributed by atoms with Crippen LogP contribution in [0.25, 0.3) is 0 Å². The van der Waals surface area contributed by atoms with Crippen molar-refractivity contribution in [3.63, 3.8) is 0 Å². The van der Waals surface area contributed by atoms with Crippen LogP contribution < -0.4 is 10.2 Å². The molecule has 1 aromatic carbocycles. The Labute approximate surface area is 121 Å². The summed E-state index contributed by atoms with van der Waals surface area (Å²) in [4.78, 5) is 13.9. The number of hydrogen-bond donors (Lipinski definition) is 1. The zero-order chi connectivity index (χ0) is 13.9. The van der Waals surface area contributed by atoms with Crippen LogP contribution >= 0.6 is 0 Å². The molecule has 108 valence electrons. The Morgan fingerprint density at radius 1 is 1.20 bits per heavy atom. The molecule has 20 heavy (non-hydrogen) atoms. The van der Waals surface area contributed by atoms with Crippen molar-refractivity contribution in [3.8, 4) is 0 Å². The summed E-state index contributed by atoms with van der Waals surface area (Å²) < 4.78 is 0. The molecule has 3 nitrogen and oxygen atoms in total. The van der Waals surface area contributed by atoms with Gasteiger partial charge in [-0.15, -0.1) is 0 Å². The molecule has 1 unspecified atom stereocenters. The van der Waals surface area contributed by atoms with Crippen molar-refractivity contribution in [1.29, 1.82) is 0 Å². The number of para-hydroxylation sites is 2. The van der Waals surface area contributed by atoms with Gasteiger partial charge in [-0.3, -0.25) is 4.79 Å². The third-order valence-corrected chi connectivity index (χ3v) is 4.76. The van der Waals surface area contributed by atoms with Gasteiger partial charge in [0.25, 0.3) is 0 Å². The van der Waals surface area contributed by atoms with Gasteiger partial charge in [-0.1, -0.05) is 25.0 Å². The summed E-state index contributed by atoms with van der Waals surface area (Å²) in [5.74, 6) is 1.03. The van der Waals surface area contributed by atoms with Gasteiger partial charge in [-0.25, -0.2) is 0 Å². The first-order valence-corrected chi connectivity index (χ1v) is 7.91. The Morgan fingerprint density at radius 2 is 1.95 bits per heavy atom. The highest BCUT2D eigenvalue weighted by Gasteiger charge is 2.26. The number of amides is 1. The molecular weight excluding hydrogens is 248 g/mol. The lowest BCUT2D eigenvalue weighted by Gasteiger charge is -2.26. The minimum Gasteiger partial charge on any atom is -0.381 e. The van der Waals surface area contributed by atoms with Crippen molar-refractivity contribution in [3.05, 3.63) is 24.3 Å². The van der Waals surface area contributed by atoms with E-state index in [4.69, 9.17) is 0 Å². The van der Waals surface area contributed by atoms with E-state index in [1.165, 1.54) is 25.7 Å². The maximum atomic E-state index is 12.0. The summed E-state index contributed by atoms with van der Waals surface area (Å²) >= 11 is 0. The molecule has 2 aliphatic rings. The quantitative estimate of drug-likeness (QED) is 0.904. The molecule has 0 radical (unpaired) electrons. The number of carbonyl (C=O) groups is 1. The second kappa shape index (κ2) is 5.86. The Balaban J connectivity index is 1.77. The predicted molar refractivity (Wildman–Crippen MR) is 83.1 cm³/mol. The van der Waals surface area contributed by atoms with Crippen LogP contribution in [0.5, 0.6) is 0 Å². The van der Waals surface area contributed by atoms with Crippen LogP contribution in [0.2, 0.25) is 0 Å². The highest BCUT2D eigenvalue weighted by Crippen LogP contribution is 2.33. The van der Waals surface area contributed by atoms with Crippen LogP contribution in [-0.4, -0.2) is 18.5 Å². The first kappa shape index (κ1) is 13.5. The molecule has 1 aliphatic carbocycles. The van der Waals surface area contributed by atoms with Crippen LogP contribution in [0.4, 0.5) is 11.4 Å². The van der Waals surface area contributed by atoms with Gasteiger partial charge in [0.05, 0.1) is 11.4 Å². The average Bonchev–Trinajstić information content (AvgIpc) is 3.10. The van der Waals surface area contributed by atoms with Gasteiger partial charge in [0.15, 0.2) is 0 Å². The minimum absolute atomic E-state index is 0.257. The van der Waals surface area contributed by atoms with Gasteiger partial charge < -0.3 is 10.2 Å². The Hall–Kier alpha value is -1.51. The predicted octanol–water partition coefficient (Wildman–Crippen LogP) is 3.80. The maximum Gasteiger partial charge on any atom is 0.227 e. The fourth-order valence-corrected chi connectivity index (χ4v) is 3.55. The molecule has 1 saturated heterocycles. The van der Waals surface area contributed by atoms with E-state index in [2.05, 4.69) is 24.4 Å². The lowest BCUT2D eigenvalue weighted by molar-refractivity contribution is -0.117. The van der Waals surface area contributed by atoms with Crippen molar-refractivity contribution >= 4 is 17.3 Å². The molecule has 0 bridgehead atoms. The van der Waals surface area contributed by atoms with Crippen molar-refractivity contribution < 1.29 is 4.79 Å². The third kappa shape index (κ3) is 2.67. The van der Waals surface area contributed by atoms with Gasteiger partial charge in [0.2, 0.25) is 5.91 Å². The first-order valence-electron chi connectivity index (χ1n) is 7.91. The van der Waals surface area contributed by atoms with Gasteiger partial charge in [-0.2, -0.15) is 0 Å². The normalized spacial score (nSPS) is 21.4. The number of nitrogens with one attached hydrogen (secondary N) is 1. The minimum atomic E-state index is 0.257. The number of benzene rings is 1. The van der Waals surface area contributed by atoms with E-state index in [1.54, 1.807) is 0 Å². The molecule has 1 amide bonds. The number of hydrogen-bond acceptors (Lipinski definition) is 2. The SMILES string of the molecule is CC(Nc1ccccc1N1CCCC1=O)C1CCCC1. The molecule has 0 aromatic heterocycles. The highest BCUT2D eigenvalue weighted by atomic mass is 16.2. The van der Waals surface area contributed by atoms with Crippen molar-refractivity contribution in [2.24, 2.45) is 5.92 Å². The van der Waals surface area contributed by atoms with E-state index in [0.29, 0.717) is 12.5 Å². The van der Waals surface area contributed by atoms with E-state index >= 15 is 0 Å². The standard InChI is InChI=1S/C17H24N2O/c1-13(14-7-2-3-8-14)18-15-9-4-5-10-16(15)19-12-6-11-17(19)20/h4-5,9-10,13-14,18H,2-3,6-8,11-12H2,1H3. The molecule has 3 heteroatoms. The molecular formula is C17H24N2O. The largest absolute Gasteiger partial charge is 0.381 e. The molecule has 2 fully saturated rings. The molecule has 1 saturated carbocycles. The fraction of sp³-hybridized carbons (Fsp3) is 0.588. The third-order valence-electron chi connectivity index (χ3n) is 4.76. The summed E-state index contributed by atoms with van der Waals surface area (Å²) in [5.41, 5.74) is 2.17. The van der Waals surface area contributed by atoms with Crippen LogP contribution in [0.1, 0.15) is 45.4 Å². The number of carbonyl (C=O) groups excluding carboxylic acids is 1. The van der Waals surface area contributed by atoms with Crippen molar-refractivity contribution in [1.82, 2.24) is 0 Å². The van der Waals surface area contributed by atoms with Crippen LogP contribution in [-0.2, 0) is 4.79 Å².